The van der Waals surface area contributed by atoms with E-state index >= 15 is 0 Å². The van der Waals surface area contributed by atoms with E-state index in [2.05, 4.69) is 20.6 Å². The first kappa shape index (κ1) is 20.0. The average Bonchev–Trinajstić information content (AvgIpc) is 3.32. The van der Waals surface area contributed by atoms with Crippen molar-refractivity contribution in [2.45, 2.75) is 56.7 Å². The van der Waals surface area contributed by atoms with Gasteiger partial charge >= 0.3 is 11.9 Å². The molecule has 0 radical (unpaired) electrons. The van der Waals surface area contributed by atoms with Gasteiger partial charge in [-0.05, 0) is 25.8 Å². The van der Waals surface area contributed by atoms with E-state index in [1.807, 2.05) is 0 Å². The van der Waals surface area contributed by atoms with Crippen LogP contribution in [0.5, 0.6) is 0 Å². The van der Waals surface area contributed by atoms with Crippen molar-refractivity contribution < 1.29 is 23.9 Å². The fourth-order valence-electron chi connectivity index (χ4n) is 3.48. The number of ether oxygens (including phenoxy) is 1. The number of rotatable bonds is 6. The van der Waals surface area contributed by atoms with Gasteiger partial charge in [0.2, 0.25) is 11.8 Å². The molecule has 0 spiro atoms. The highest BCUT2D eigenvalue weighted by molar-refractivity contribution is 5.95. The molecule has 3 heterocycles. The topological polar surface area (TPSA) is 133 Å². The highest BCUT2D eigenvalue weighted by Gasteiger charge is 2.36. The van der Waals surface area contributed by atoms with Gasteiger partial charge in [-0.1, -0.05) is 6.42 Å². The van der Waals surface area contributed by atoms with Crippen LogP contribution in [0.15, 0.2) is 12.5 Å². The third-order valence-corrected chi connectivity index (χ3v) is 5.17. The number of amides is 2. The maximum atomic E-state index is 12.6. The van der Waals surface area contributed by atoms with E-state index in [9.17, 15) is 19.2 Å². The molecule has 28 heavy (non-hydrogen) atoms. The van der Waals surface area contributed by atoms with Crippen LogP contribution in [0.25, 0.3) is 0 Å². The Hall–Kier alpha value is -2.75. The van der Waals surface area contributed by atoms with E-state index in [0.717, 1.165) is 12.8 Å². The number of hydrogen-bond donors (Lipinski definition) is 3. The smallest absolute Gasteiger partial charge is 0.336 e. The van der Waals surface area contributed by atoms with Crippen LogP contribution in [-0.2, 0) is 30.3 Å². The second kappa shape index (κ2) is 8.96. The molecule has 1 aromatic heterocycles. The van der Waals surface area contributed by atoms with Crippen molar-refractivity contribution in [2.24, 2.45) is 0 Å². The highest BCUT2D eigenvalue weighted by Crippen LogP contribution is 2.17. The minimum atomic E-state index is -1.07. The number of aromatic nitrogens is 2. The van der Waals surface area contributed by atoms with E-state index in [0.29, 0.717) is 25.1 Å². The van der Waals surface area contributed by atoms with Gasteiger partial charge in [0.15, 0.2) is 0 Å². The summed E-state index contributed by atoms with van der Waals surface area (Å²) in [6.07, 6.45) is 6.23. The number of H-pyrrole nitrogens is 1. The second-order valence-corrected chi connectivity index (χ2v) is 7.14. The lowest BCUT2D eigenvalue weighted by Crippen LogP contribution is -2.51. The van der Waals surface area contributed by atoms with Crippen molar-refractivity contribution in [1.29, 1.82) is 0 Å². The van der Waals surface area contributed by atoms with Crippen molar-refractivity contribution in [3.63, 3.8) is 0 Å². The van der Waals surface area contributed by atoms with Crippen LogP contribution in [0, 0.1) is 0 Å². The number of imidazole rings is 1. The van der Waals surface area contributed by atoms with Gasteiger partial charge < -0.3 is 25.3 Å². The van der Waals surface area contributed by atoms with Gasteiger partial charge in [-0.2, -0.15) is 0 Å². The summed E-state index contributed by atoms with van der Waals surface area (Å²) in [4.78, 5) is 57.3. The number of hydrogen-bond acceptors (Lipinski definition) is 7. The van der Waals surface area contributed by atoms with Crippen LogP contribution in [-0.4, -0.2) is 70.3 Å². The first-order valence-corrected chi connectivity index (χ1v) is 9.48. The van der Waals surface area contributed by atoms with E-state index < -0.39 is 36.0 Å². The van der Waals surface area contributed by atoms with Crippen molar-refractivity contribution in [1.82, 2.24) is 25.5 Å². The minimum absolute atomic E-state index is 0.0975. The zero-order valence-corrected chi connectivity index (χ0v) is 15.8. The van der Waals surface area contributed by atoms with Gasteiger partial charge in [0.25, 0.3) is 0 Å². The van der Waals surface area contributed by atoms with Gasteiger partial charge in [-0.15, -0.1) is 0 Å². The van der Waals surface area contributed by atoms with E-state index in [1.54, 1.807) is 7.05 Å². The van der Waals surface area contributed by atoms with Crippen molar-refractivity contribution in [3.8, 4) is 0 Å². The molecule has 3 rings (SSSR count). The number of nitrogens with zero attached hydrogens (tertiary/aromatic N) is 2. The summed E-state index contributed by atoms with van der Waals surface area (Å²) in [5.41, 5.74) is 0.612. The number of nitrogens with one attached hydrogen (secondary N) is 3. The molecule has 152 valence electrons. The van der Waals surface area contributed by atoms with E-state index in [1.165, 1.54) is 17.4 Å². The molecule has 2 aliphatic heterocycles. The van der Waals surface area contributed by atoms with E-state index in [-0.39, 0.29) is 18.7 Å². The molecule has 0 bridgehead atoms. The molecule has 0 aliphatic carbocycles. The largest absolute Gasteiger partial charge is 0.390 e. The SMILES string of the molecule is CN1C(=O)CC[C@H]1C(=O)N[C@@H](Cc1cnc[nH]1)C(=O)OC(=O)C1CCCCN1. The summed E-state index contributed by atoms with van der Waals surface area (Å²) < 4.78 is 5.04. The molecule has 0 aromatic carbocycles. The lowest BCUT2D eigenvalue weighted by molar-refractivity contribution is -0.163. The molecule has 0 saturated carbocycles. The minimum Gasteiger partial charge on any atom is -0.390 e. The first-order valence-electron chi connectivity index (χ1n) is 9.48. The third-order valence-electron chi connectivity index (χ3n) is 5.17. The lowest BCUT2D eigenvalue weighted by atomic mass is 10.1. The Bertz CT molecular complexity index is 729. The van der Waals surface area contributed by atoms with Crippen molar-refractivity contribution in [3.05, 3.63) is 18.2 Å². The van der Waals surface area contributed by atoms with Gasteiger partial charge in [0.1, 0.15) is 18.1 Å². The van der Waals surface area contributed by atoms with Gasteiger partial charge in [0, 0.05) is 31.8 Å². The zero-order valence-electron chi connectivity index (χ0n) is 15.8. The van der Waals surface area contributed by atoms with Crippen LogP contribution in [0.3, 0.4) is 0 Å². The number of aromatic amines is 1. The van der Waals surface area contributed by atoms with Gasteiger partial charge in [-0.25, -0.2) is 14.6 Å². The Morgan fingerprint density at radius 1 is 1.36 bits per heavy atom. The molecule has 1 unspecified atom stereocenters. The van der Waals surface area contributed by atoms with Crippen LogP contribution in [0.1, 0.15) is 37.8 Å². The van der Waals surface area contributed by atoms with Crippen LogP contribution < -0.4 is 10.6 Å². The fourth-order valence-corrected chi connectivity index (χ4v) is 3.48. The molecule has 3 atom stereocenters. The average molecular weight is 391 g/mol. The van der Waals surface area contributed by atoms with Crippen molar-refractivity contribution in [2.75, 3.05) is 13.6 Å². The Morgan fingerprint density at radius 2 is 2.18 bits per heavy atom. The molecule has 2 amide bonds. The van der Waals surface area contributed by atoms with Crippen LogP contribution >= 0.6 is 0 Å². The van der Waals surface area contributed by atoms with Crippen LogP contribution in [0.4, 0.5) is 0 Å². The number of likely N-dealkylation sites (tertiary alicyclic amines) is 1. The predicted octanol–water partition coefficient (Wildman–Crippen LogP) is -0.730. The summed E-state index contributed by atoms with van der Waals surface area (Å²) in [5.74, 6) is -2.03. The quantitative estimate of drug-likeness (QED) is 0.430. The maximum absolute atomic E-state index is 12.6. The molecular formula is C18H25N5O5. The Balaban J connectivity index is 1.65. The summed E-state index contributed by atoms with van der Waals surface area (Å²) in [6, 6.07) is -2.22. The van der Waals surface area contributed by atoms with Gasteiger partial charge in [0.05, 0.1) is 6.33 Å². The third kappa shape index (κ3) is 4.75. The fraction of sp³-hybridized carbons (Fsp3) is 0.611. The zero-order chi connectivity index (χ0) is 20.1. The lowest BCUT2D eigenvalue weighted by Gasteiger charge is -2.24. The standard InChI is InChI=1S/C18H25N5O5/c1-23-14(5-6-15(23)24)16(25)22-13(8-11-9-19-10-21-11)18(27)28-17(26)12-4-2-3-7-20-12/h9-10,12-14,20H,2-8H2,1H3,(H,19,21)(H,22,25)/t12?,13-,14-/m0/s1. The molecule has 2 saturated heterocycles. The summed E-state index contributed by atoms with van der Waals surface area (Å²) in [5, 5.41) is 5.66. The molecular weight excluding hydrogens is 366 g/mol. The summed E-state index contributed by atoms with van der Waals surface area (Å²) >= 11 is 0. The molecule has 1 aromatic rings. The van der Waals surface area contributed by atoms with Crippen molar-refractivity contribution >= 4 is 23.8 Å². The van der Waals surface area contributed by atoms with Crippen LogP contribution in [0.2, 0.25) is 0 Å². The monoisotopic (exact) mass is 391 g/mol. The first-order chi connectivity index (χ1) is 13.5. The normalized spacial score (nSPS) is 23.3. The van der Waals surface area contributed by atoms with E-state index in [4.69, 9.17) is 4.74 Å². The van der Waals surface area contributed by atoms with Gasteiger partial charge in [-0.3, -0.25) is 9.59 Å². The Labute approximate surface area is 162 Å². The summed E-state index contributed by atoms with van der Waals surface area (Å²) in [6.45, 7) is 0.699. The molecule has 3 N–H and O–H groups in total. The molecule has 10 nitrogen and oxygen atoms in total. The number of likely N-dealkylation sites (N-methyl/N-ethyl adjacent to an activating group) is 1. The molecule has 2 aliphatic rings. The predicted molar refractivity (Wildman–Crippen MR) is 96.8 cm³/mol. The summed E-state index contributed by atoms with van der Waals surface area (Å²) in [7, 11) is 1.56. The second-order valence-electron chi connectivity index (χ2n) is 7.14. The number of esters is 2. The number of carbonyl (C=O) groups excluding carboxylic acids is 4. The molecule has 10 heteroatoms. The Morgan fingerprint density at radius 3 is 2.79 bits per heavy atom. The number of piperidine rings is 1. The number of carbonyl (C=O) groups is 4. The Kier molecular flexibility index (Phi) is 6.40. The molecule has 2 fully saturated rings. The maximum Gasteiger partial charge on any atom is 0.336 e. The highest BCUT2D eigenvalue weighted by atomic mass is 16.6.